The second-order valence-electron chi connectivity index (χ2n) is 7.97. The molecule has 1 aliphatic rings. The van der Waals surface area contributed by atoms with Crippen molar-refractivity contribution in [2.24, 2.45) is 5.41 Å². The average Bonchev–Trinajstić information content (AvgIpc) is 3.13. The summed E-state index contributed by atoms with van der Waals surface area (Å²) < 4.78 is 13.2. The van der Waals surface area contributed by atoms with Gasteiger partial charge in [0, 0.05) is 24.1 Å². The molecule has 144 valence electrons. The highest BCUT2D eigenvalue weighted by Crippen LogP contribution is 2.35. The molecule has 0 aromatic heterocycles. The summed E-state index contributed by atoms with van der Waals surface area (Å²) in [6.07, 6.45) is 1.36. The lowest BCUT2D eigenvalue weighted by atomic mass is 9.81. The fourth-order valence-corrected chi connectivity index (χ4v) is 4.23. The summed E-state index contributed by atoms with van der Waals surface area (Å²) in [7, 11) is 0. The van der Waals surface area contributed by atoms with Crippen molar-refractivity contribution >= 4 is 16.7 Å². The number of likely N-dealkylation sites (tertiary alicyclic amines) is 1. The maximum Gasteiger partial charge on any atom is 0.254 e. The monoisotopic (exact) mass is 377 g/mol. The predicted molar refractivity (Wildman–Crippen MR) is 109 cm³/mol. The van der Waals surface area contributed by atoms with Crippen LogP contribution in [0.5, 0.6) is 0 Å². The van der Waals surface area contributed by atoms with Crippen LogP contribution >= 0.6 is 0 Å². The van der Waals surface area contributed by atoms with E-state index in [1.54, 1.807) is 12.1 Å². The highest BCUT2D eigenvalue weighted by Gasteiger charge is 2.40. The van der Waals surface area contributed by atoms with Crippen LogP contribution in [0.25, 0.3) is 10.8 Å². The van der Waals surface area contributed by atoms with Crippen molar-refractivity contribution < 1.29 is 14.3 Å². The summed E-state index contributed by atoms with van der Waals surface area (Å²) in [5, 5.41) is 12.1. The summed E-state index contributed by atoms with van der Waals surface area (Å²) in [6, 6.07) is 18.3. The van der Waals surface area contributed by atoms with E-state index in [0.29, 0.717) is 25.1 Å². The molecule has 0 radical (unpaired) electrons. The Morgan fingerprint density at radius 2 is 1.93 bits per heavy atom. The summed E-state index contributed by atoms with van der Waals surface area (Å²) in [5.74, 6) is -0.264. The molecule has 3 aromatic rings. The van der Waals surface area contributed by atoms with Gasteiger partial charge in [0.05, 0.1) is 6.61 Å². The van der Waals surface area contributed by atoms with E-state index in [2.05, 4.69) is 6.07 Å². The Morgan fingerprint density at radius 1 is 1.14 bits per heavy atom. The van der Waals surface area contributed by atoms with Crippen molar-refractivity contribution in [3.8, 4) is 0 Å². The van der Waals surface area contributed by atoms with Gasteiger partial charge < -0.3 is 10.0 Å². The number of carbonyl (C=O) groups is 1. The molecule has 28 heavy (non-hydrogen) atoms. The number of aliphatic hydroxyl groups excluding tert-OH is 1. The highest BCUT2D eigenvalue weighted by atomic mass is 19.1. The van der Waals surface area contributed by atoms with Crippen molar-refractivity contribution in [3.05, 3.63) is 83.2 Å². The van der Waals surface area contributed by atoms with Gasteiger partial charge in [-0.15, -0.1) is 0 Å². The molecule has 3 aromatic carbocycles. The molecule has 1 amide bonds. The maximum atomic E-state index is 13.2. The van der Waals surface area contributed by atoms with Crippen LogP contribution in [0.3, 0.4) is 0 Å². The van der Waals surface area contributed by atoms with E-state index in [1.165, 1.54) is 12.1 Å². The molecule has 4 heteroatoms. The third kappa shape index (κ3) is 3.52. The molecule has 0 bridgehead atoms. The van der Waals surface area contributed by atoms with Gasteiger partial charge in [-0.05, 0) is 54.3 Å². The molecule has 1 N–H and O–H groups in total. The first kappa shape index (κ1) is 18.6. The predicted octanol–water partition coefficient (Wildman–Crippen LogP) is 4.35. The van der Waals surface area contributed by atoms with E-state index >= 15 is 0 Å². The fraction of sp³-hybridized carbons (Fsp3) is 0.292. The van der Waals surface area contributed by atoms with Gasteiger partial charge in [0.1, 0.15) is 5.82 Å². The summed E-state index contributed by atoms with van der Waals surface area (Å²) in [4.78, 5) is 15.1. The van der Waals surface area contributed by atoms with Gasteiger partial charge in [0.25, 0.3) is 5.91 Å². The summed E-state index contributed by atoms with van der Waals surface area (Å²) in [5.41, 5.74) is 2.46. The minimum absolute atomic E-state index is 0.00287. The Kier molecular flexibility index (Phi) is 4.90. The van der Waals surface area contributed by atoms with E-state index in [4.69, 9.17) is 0 Å². The molecule has 0 saturated carbocycles. The number of rotatable bonds is 4. The van der Waals surface area contributed by atoms with Gasteiger partial charge in [0.2, 0.25) is 0 Å². The van der Waals surface area contributed by atoms with Crippen LogP contribution in [0.4, 0.5) is 4.39 Å². The fourth-order valence-electron chi connectivity index (χ4n) is 4.23. The molecular weight excluding hydrogens is 353 g/mol. The molecule has 1 heterocycles. The van der Waals surface area contributed by atoms with E-state index in [1.807, 2.05) is 42.2 Å². The molecule has 1 unspecified atom stereocenters. The smallest absolute Gasteiger partial charge is 0.254 e. The Morgan fingerprint density at radius 3 is 2.68 bits per heavy atom. The number of benzene rings is 3. The number of hydrogen-bond donors (Lipinski definition) is 1. The molecular formula is C24H24FNO2. The number of hydrogen-bond acceptors (Lipinski definition) is 2. The number of nitrogens with zero attached hydrogens (tertiary/aromatic N) is 1. The van der Waals surface area contributed by atoms with E-state index < -0.39 is 0 Å². The number of aliphatic hydroxyl groups is 1. The van der Waals surface area contributed by atoms with Crippen molar-refractivity contribution in [3.63, 3.8) is 0 Å². The summed E-state index contributed by atoms with van der Waals surface area (Å²) in [6.45, 7) is 3.16. The maximum absolute atomic E-state index is 13.2. The SMILES string of the molecule is Cc1ccc2c(C(=O)N3CCC(CO)(Cc4ccc(F)cc4)C3)cccc2c1. The van der Waals surface area contributed by atoms with Gasteiger partial charge >= 0.3 is 0 Å². The van der Waals surface area contributed by atoms with Crippen LogP contribution in [0.15, 0.2) is 60.7 Å². The standard InChI is InChI=1S/C24H24FNO2/c1-17-5-10-21-19(13-17)3-2-4-22(21)23(28)26-12-11-24(15-26,16-27)14-18-6-8-20(25)9-7-18/h2-10,13,27H,11-12,14-16H2,1H3. The number of fused-ring (bicyclic) bond motifs is 1. The van der Waals surface area contributed by atoms with Crippen LogP contribution in [0.1, 0.15) is 27.9 Å². The number of aryl methyl sites for hydroxylation is 1. The van der Waals surface area contributed by atoms with Gasteiger partial charge in [-0.3, -0.25) is 4.79 Å². The van der Waals surface area contributed by atoms with Crippen LogP contribution in [0.2, 0.25) is 0 Å². The van der Waals surface area contributed by atoms with Crippen LogP contribution in [0, 0.1) is 18.2 Å². The Balaban J connectivity index is 1.57. The normalized spacial score (nSPS) is 19.3. The molecule has 3 nitrogen and oxygen atoms in total. The zero-order valence-corrected chi connectivity index (χ0v) is 16.0. The largest absolute Gasteiger partial charge is 0.396 e. The number of halogens is 1. The molecule has 4 rings (SSSR count). The summed E-state index contributed by atoms with van der Waals surface area (Å²) >= 11 is 0. The Hall–Kier alpha value is -2.72. The van der Waals surface area contributed by atoms with Crippen LogP contribution < -0.4 is 0 Å². The quantitative estimate of drug-likeness (QED) is 0.734. The lowest BCUT2D eigenvalue weighted by molar-refractivity contribution is 0.0741. The third-order valence-corrected chi connectivity index (χ3v) is 5.82. The average molecular weight is 377 g/mol. The lowest BCUT2D eigenvalue weighted by Crippen LogP contribution is -2.35. The topological polar surface area (TPSA) is 40.5 Å². The number of amides is 1. The Bertz CT molecular complexity index is 1010. The molecule has 1 aliphatic heterocycles. The van der Waals surface area contributed by atoms with Crippen molar-refractivity contribution in [2.45, 2.75) is 19.8 Å². The zero-order valence-electron chi connectivity index (χ0n) is 16.0. The van der Waals surface area contributed by atoms with Gasteiger partial charge in [-0.1, -0.05) is 48.0 Å². The second kappa shape index (κ2) is 7.36. The third-order valence-electron chi connectivity index (χ3n) is 5.82. The Labute approximate surface area is 164 Å². The van der Waals surface area contributed by atoms with E-state index in [-0.39, 0.29) is 23.7 Å². The van der Waals surface area contributed by atoms with Crippen LogP contribution in [-0.2, 0) is 6.42 Å². The van der Waals surface area contributed by atoms with Crippen molar-refractivity contribution in [2.75, 3.05) is 19.7 Å². The van der Waals surface area contributed by atoms with E-state index in [0.717, 1.165) is 28.3 Å². The van der Waals surface area contributed by atoms with Crippen molar-refractivity contribution in [1.82, 2.24) is 4.90 Å². The minimum atomic E-state index is -0.380. The first-order valence-corrected chi connectivity index (χ1v) is 9.64. The molecule has 1 saturated heterocycles. The lowest BCUT2D eigenvalue weighted by Gasteiger charge is -2.27. The highest BCUT2D eigenvalue weighted by molar-refractivity contribution is 6.07. The molecule has 0 aliphatic carbocycles. The van der Waals surface area contributed by atoms with E-state index in [9.17, 15) is 14.3 Å². The molecule has 1 atom stereocenters. The van der Waals surface area contributed by atoms with Gasteiger partial charge in [-0.25, -0.2) is 4.39 Å². The second-order valence-corrected chi connectivity index (χ2v) is 7.97. The molecule has 1 fully saturated rings. The van der Waals surface area contributed by atoms with Crippen molar-refractivity contribution in [1.29, 1.82) is 0 Å². The van der Waals surface area contributed by atoms with Gasteiger partial charge in [-0.2, -0.15) is 0 Å². The number of carbonyl (C=O) groups excluding carboxylic acids is 1. The van der Waals surface area contributed by atoms with Crippen LogP contribution in [-0.4, -0.2) is 35.6 Å². The minimum Gasteiger partial charge on any atom is -0.396 e. The van der Waals surface area contributed by atoms with Gasteiger partial charge in [0.15, 0.2) is 0 Å². The first-order valence-electron chi connectivity index (χ1n) is 9.64. The first-order chi connectivity index (χ1) is 13.5. The molecule has 0 spiro atoms. The zero-order chi connectivity index (χ0) is 19.7.